The van der Waals surface area contributed by atoms with Gasteiger partial charge >= 0.3 is 11.6 Å². The van der Waals surface area contributed by atoms with Crippen LogP contribution in [0.1, 0.15) is 29.1 Å². The molecule has 1 aromatic carbocycles. The summed E-state index contributed by atoms with van der Waals surface area (Å²) in [6.45, 7) is 0.156. The Morgan fingerprint density at radius 2 is 2.06 bits per heavy atom. The molecule has 0 bridgehead atoms. The minimum absolute atomic E-state index is 0.0874. The molecule has 0 radical (unpaired) electrons. The standard InChI is InChI=1S/C21H20ClF2N7O3/c22-11-3-1-2-10(6-11)16-12-7-27-19(26)28-13(12)8-30(16)9-14-17(32)21(23,24)18(34-14)31-5-4-15(25)29-20(31)33/h1-7,14,16-18,32H,8-9H2,(H2,25,29,33)(H2,26,27,28)/t14-,16?,17-,18-/m1/s1. The highest BCUT2D eigenvalue weighted by molar-refractivity contribution is 6.30. The maximum absolute atomic E-state index is 15.0. The Labute approximate surface area is 196 Å². The first-order chi connectivity index (χ1) is 16.1. The van der Waals surface area contributed by atoms with Gasteiger partial charge in [0, 0.05) is 36.1 Å². The van der Waals surface area contributed by atoms with Crippen molar-refractivity contribution in [3.8, 4) is 0 Å². The highest BCUT2D eigenvalue weighted by Crippen LogP contribution is 2.45. The molecule has 34 heavy (non-hydrogen) atoms. The van der Waals surface area contributed by atoms with Gasteiger partial charge in [-0.15, -0.1) is 0 Å². The van der Waals surface area contributed by atoms with Gasteiger partial charge in [-0.1, -0.05) is 23.7 Å². The lowest BCUT2D eigenvalue weighted by atomic mass is 10.0. The number of benzene rings is 1. The lowest BCUT2D eigenvalue weighted by molar-refractivity contribution is -0.140. The first-order valence-corrected chi connectivity index (χ1v) is 10.7. The van der Waals surface area contributed by atoms with Gasteiger partial charge in [0.15, 0.2) is 0 Å². The number of aromatic nitrogens is 4. The number of nitrogens with zero attached hydrogens (tertiary/aromatic N) is 5. The van der Waals surface area contributed by atoms with Gasteiger partial charge in [0.25, 0.3) is 0 Å². The fourth-order valence-electron chi connectivity index (χ4n) is 4.47. The Morgan fingerprint density at radius 1 is 1.26 bits per heavy atom. The Morgan fingerprint density at radius 3 is 2.79 bits per heavy atom. The molecule has 1 unspecified atom stereocenters. The summed E-state index contributed by atoms with van der Waals surface area (Å²) >= 11 is 6.19. The van der Waals surface area contributed by atoms with Crippen molar-refractivity contribution in [3.63, 3.8) is 0 Å². The van der Waals surface area contributed by atoms with Crippen LogP contribution in [-0.2, 0) is 11.3 Å². The first kappa shape index (κ1) is 22.6. The minimum atomic E-state index is -3.76. The summed E-state index contributed by atoms with van der Waals surface area (Å²) in [7, 11) is 0. The third kappa shape index (κ3) is 3.78. The van der Waals surface area contributed by atoms with Crippen LogP contribution in [0.3, 0.4) is 0 Å². The Balaban J connectivity index is 1.47. The number of halogens is 3. The third-order valence-corrected chi connectivity index (χ3v) is 6.23. The molecule has 0 spiro atoms. The largest absolute Gasteiger partial charge is 0.384 e. The maximum atomic E-state index is 15.0. The van der Waals surface area contributed by atoms with Gasteiger partial charge < -0.3 is 21.3 Å². The SMILES string of the molecule is Nc1ccn([C@@H]2O[C@H](CN3Cc4nc(N)ncc4C3c3cccc(Cl)c3)[C@@H](O)C2(F)F)c(=O)n1. The quantitative estimate of drug-likeness (QED) is 0.492. The summed E-state index contributed by atoms with van der Waals surface area (Å²) in [6, 6.07) is 7.87. The number of aliphatic hydroxyl groups excluding tert-OH is 1. The van der Waals surface area contributed by atoms with Crippen LogP contribution in [0, 0.1) is 0 Å². The second-order valence-corrected chi connectivity index (χ2v) is 8.64. The molecule has 4 atom stereocenters. The van der Waals surface area contributed by atoms with Crippen LogP contribution in [0.15, 0.2) is 47.5 Å². The zero-order chi connectivity index (χ0) is 24.2. The predicted molar refractivity (Wildman–Crippen MR) is 118 cm³/mol. The molecule has 0 aliphatic carbocycles. The molecule has 3 aromatic rings. The number of nitrogens with two attached hydrogens (primary N) is 2. The molecular weight excluding hydrogens is 472 g/mol. The van der Waals surface area contributed by atoms with Crippen molar-refractivity contribution in [2.45, 2.75) is 36.9 Å². The zero-order valence-electron chi connectivity index (χ0n) is 17.6. The molecule has 1 fully saturated rings. The second kappa shape index (κ2) is 8.24. The van der Waals surface area contributed by atoms with Crippen LogP contribution >= 0.6 is 11.6 Å². The van der Waals surface area contributed by atoms with Crippen LogP contribution in [0.2, 0.25) is 5.02 Å². The van der Waals surface area contributed by atoms with E-state index in [9.17, 15) is 9.90 Å². The Hall–Kier alpha value is -3.19. The van der Waals surface area contributed by atoms with E-state index in [-0.39, 0.29) is 24.9 Å². The monoisotopic (exact) mass is 491 g/mol. The van der Waals surface area contributed by atoms with E-state index in [1.807, 2.05) is 11.0 Å². The van der Waals surface area contributed by atoms with Gasteiger partial charge in [0.2, 0.25) is 12.2 Å². The average molecular weight is 492 g/mol. The summed E-state index contributed by atoms with van der Waals surface area (Å²) in [5.41, 5.74) is 12.3. The number of aliphatic hydroxyl groups is 1. The fraction of sp³-hybridized carbons (Fsp3) is 0.333. The van der Waals surface area contributed by atoms with Gasteiger partial charge in [0.1, 0.15) is 18.0 Å². The number of hydrogen-bond acceptors (Lipinski definition) is 9. The molecule has 1 saturated heterocycles. The highest BCUT2D eigenvalue weighted by Gasteiger charge is 2.60. The lowest BCUT2D eigenvalue weighted by Gasteiger charge is -2.28. The van der Waals surface area contributed by atoms with E-state index in [0.29, 0.717) is 15.3 Å². The molecule has 5 N–H and O–H groups in total. The molecule has 0 saturated carbocycles. The van der Waals surface area contributed by atoms with E-state index < -0.39 is 36.1 Å². The number of anilines is 2. The Kier molecular flexibility index (Phi) is 5.47. The molecule has 4 heterocycles. The number of alkyl halides is 2. The molecule has 0 amide bonds. The number of hydrogen-bond donors (Lipinski definition) is 3. The average Bonchev–Trinajstić information content (AvgIpc) is 3.23. The van der Waals surface area contributed by atoms with Crippen molar-refractivity contribution >= 4 is 23.4 Å². The molecule has 2 aromatic heterocycles. The molecule has 13 heteroatoms. The Bertz CT molecular complexity index is 1310. The number of rotatable bonds is 4. The van der Waals surface area contributed by atoms with E-state index in [2.05, 4.69) is 15.0 Å². The smallest absolute Gasteiger partial charge is 0.351 e. The fourth-order valence-corrected chi connectivity index (χ4v) is 4.67. The van der Waals surface area contributed by atoms with E-state index in [0.717, 1.165) is 17.3 Å². The van der Waals surface area contributed by atoms with Crippen molar-refractivity contribution in [3.05, 3.63) is 75.1 Å². The summed E-state index contributed by atoms with van der Waals surface area (Å²) in [5.74, 6) is -3.78. The molecular formula is C21H20ClF2N7O3. The van der Waals surface area contributed by atoms with Crippen molar-refractivity contribution in [1.82, 2.24) is 24.4 Å². The van der Waals surface area contributed by atoms with Gasteiger partial charge in [-0.25, -0.2) is 14.8 Å². The van der Waals surface area contributed by atoms with Gasteiger partial charge in [0.05, 0.1) is 11.7 Å². The van der Waals surface area contributed by atoms with Gasteiger partial charge in [-0.05, 0) is 23.8 Å². The van der Waals surface area contributed by atoms with Crippen molar-refractivity contribution in [2.75, 3.05) is 18.0 Å². The topological polar surface area (TPSA) is 145 Å². The van der Waals surface area contributed by atoms with E-state index >= 15 is 8.78 Å². The molecule has 2 aliphatic heterocycles. The number of fused-ring (bicyclic) bond motifs is 1. The summed E-state index contributed by atoms with van der Waals surface area (Å²) in [4.78, 5) is 25.8. The number of ether oxygens (including phenoxy) is 1. The van der Waals surface area contributed by atoms with Crippen LogP contribution in [-0.4, -0.2) is 54.2 Å². The minimum Gasteiger partial charge on any atom is -0.384 e. The summed E-state index contributed by atoms with van der Waals surface area (Å²) in [5, 5.41) is 11.0. The number of nitrogen functional groups attached to an aromatic ring is 2. The predicted octanol–water partition coefficient (Wildman–Crippen LogP) is 1.35. The molecule has 10 nitrogen and oxygen atoms in total. The summed E-state index contributed by atoms with van der Waals surface area (Å²) < 4.78 is 36.2. The highest BCUT2D eigenvalue weighted by atomic mass is 35.5. The van der Waals surface area contributed by atoms with Crippen LogP contribution in [0.5, 0.6) is 0 Å². The van der Waals surface area contributed by atoms with E-state index in [1.54, 1.807) is 24.4 Å². The van der Waals surface area contributed by atoms with Crippen LogP contribution in [0.4, 0.5) is 20.5 Å². The van der Waals surface area contributed by atoms with Gasteiger partial charge in [-0.3, -0.25) is 9.47 Å². The first-order valence-electron chi connectivity index (χ1n) is 10.3. The second-order valence-electron chi connectivity index (χ2n) is 8.21. The van der Waals surface area contributed by atoms with Gasteiger partial charge in [-0.2, -0.15) is 13.8 Å². The molecule has 5 rings (SSSR count). The lowest BCUT2D eigenvalue weighted by Crippen LogP contribution is -2.43. The normalized spacial score (nSPS) is 26.0. The van der Waals surface area contributed by atoms with Crippen molar-refractivity contribution < 1.29 is 18.6 Å². The van der Waals surface area contributed by atoms with E-state index in [1.165, 1.54) is 6.07 Å². The maximum Gasteiger partial charge on any atom is 0.351 e. The molecule has 178 valence electrons. The van der Waals surface area contributed by atoms with Crippen molar-refractivity contribution in [2.24, 2.45) is 0 Å². The van der Waals surface area contributed by atoms with Crippen LogP contribution in [0.25, 0.3) is 0 Å². The molecule has 2 aliphatic rings. The van der Waals surface area contributed by atoms with Crippen molar-refractivity contribution in [1.29, 1.82) is 0 Å². The summed E-state index contributed by atoms with van der Waals surface area (Å²) in [6.07, 6.45) is -2.89. The van der Waals surface area contributed by atoms with E-state index in [4.69, 9.17) is 27.8 Å². The van der Waals surface area contributed by atoms with Crippen LogP contribution < -0.4 is 17.2 Å². The zero-order valence-corrected chi connectivity index (χ0v) is 18.3. The third-order valence-electron chi connectivity index (χ3n) is 5.99.